The maximum absolute atomic E-state index is 11.0. The van der Waals surface area contributed by atoms with Crippen molar-refractivity contribution in [2.24, 2.45) is 0 Å². The molecule has 4 heteroatoms. The summed E-state index contributed by atoms with van der Waals surface area (Å²) in [6, 6.07) is 5.66. The van der Waals surface area contributed by atoms with Crippen LogP contribution in [0.3, 0.4) is 0 Å². The Morgan fingerprint density at radius 2 is 2.24 bits per heavy atom. The SMILES string of the molecule is CNC(=O)CCCOc1c(C)cccc1CO. The highest BCUT2D eigenvalue weighted by Gasteiger charge is 2.06. The van der Waals surface area contributed by atoms with Crippen molar-refractivity contribution in [1.82, 2.24) is 5.32 Å². The van der Waals surface area contributed by atoms with Crippen LogP contribution in [0.1, 0.15) is 24.0 Å². The van der Waals surface area contributed by atoms with Crippen molar-refractivity contribution in [3.8, 4) is 5.75 Å². The Balaban J connectivity index is 2.48. The van der Waals surface area contributed by atoms with Crippen LogP contribution in [0.25, 0.3) is 0 Å². The molecular weight excluding hydrogens is 218 g/mol. The monoisotopic (exact) mass is 237 g/mol. The fourth-order valence-electron chi connectivity index (χ4n) is 1.58. The zero-order valence-corrected chi connectivity index (χ0v) is 10.3. The lowest BCUT2D eigenvalue weighted by atomic mass is 10.1. The number of carbonyl (C=O) groups is 1. The predicted octanol–water partition coefficient (Wildman–Crippen LogP) is 1.39. The van der Waals surface area contributed by atoms with E-state index in [9.17, 15) is 9.90 Å². The molecule has 0 heterocycles. The van der Waals surface area contributed by atoms with Gasteiger partial charge >= 0.3 is 0 Å². The van der Waals surface area contributed by atoms with Gasteiger partial charge in [-0.15, -0.1) is 0 Å². The molecule has 0 radical (unpaired) electrons. The van der Waals surface area contributed by atoms with Gasteiger partial charge in [0.05, 0.1) is 13.2 Å². The summed E-state index contributed by atoms with van der Waals surface area (Å²) in [6.45, 7) is 2.38. The third-order valence-corrected chi connectivity index (χ3v) is 2.54. The second-order valence-electron chi connectivity index (χ2n) is 3.85. The van der Waals surface area contributed by atoms with Crippen molar-refractivity contribution in [1.29, 1.82) is 0 Å². The summed E-state index contributed by atoms with van der Waals surface area (Å²) >= 11 is 0. The van der Waals surface area contributed by atoms with Crippen molar-refractivity contribution >= 4 is 5.91 Å². The third-order valence-electron chi connectivity index (χ3n) is 2.54. The van der Waals surface area contributed by atoms with Crippen LogP contribution in [0.15, 0.2) is 18.2 Å². The molecule has 4 nitrogen and oxygen atoms in total. The van der Waals surface area contributed by atoms with Gasteiger partial charge in [0.25, 0.3) is 0 Å². The molecule has 0 aromatic heterocycles. The molecule has 1 aromatic carbocycles. The number of rotatable bonds is 6. The topological polar surface area (TPSA) is 58.6 Å². The maximum atomic E-state index is 11.0. The Bertz CT molecular complexity index is 377. The average Bonchev–Trinajstić information content (AvgIpc) is 2.35. The van der Waals surface area contributed by atoms with Crippen LogP contribution in [0, 0.1) is 6.92 Å². The van der Waals surface area contributed by atoms with Gasteiger partial charge < -0.3 is 15.2 Å². The highest BCUT2D eigenvalue weighted by molar-refractivity contribution is 5.75. The van der Waals surface area contributed by atoms with Gasteiger partial charge in [0.2, 0.25) is 5.91 Å². The first-order valence-corrected chi connectivity index (χ1v) is 5.71. The Labute approximate surface area is 102 Å². The largest absolute Gasteiger partial charge is 0.493 e. The standard InChI is InChI=1S/C13H19NO3/c1-10-5-3-6-11(9-15)13(10)17-8-4-7-12(16)14-2/h3,5-6,15H,4,7-9H2,1-2H3,(H,14,16). The molecule has 0 fully saturated rings. The number of hydrogen-bond donors (Lipinski definition) is 2. The fraction of sp³-hybridized carbons (Fsp3) is 0.462. The zero-order chi connectivity index (χ0) is 12.7. The van der Waals surface area contributed by atoms with E-state index in [4.69, 9.17) is 4.74 Å². The first-order chi connectivity index (χ1) is 8.19. The number of ether oxygens (including phenoxy) is 1. The van der Waals surface area contributed by atoms with Crippen molar-refractivity contribution in [3.63, 3.8) is 0 Å². The zero-order valence-electron chi connectivity index (χ0n) is 10.3. The summed E-state index contributed by atoms with van der Waals surface area (Å²) in [5, 5.41) is 11.7. The molecule has 1 rings (SSSR count). The Kier molecular flexibility index (Phi) is 5.49. The van der Waals surface area contributed by atoms with Gasteiger partial charge in [-0.2, -0.15) is 0 Å². The quantitative estimate of drug-likeness (QED) is 0.735. The minimum absolute atomic E-state index is 0.0146. The van der Waals surface area contributed by atoms with Crippen LogP contribution in [0.2, 0.25) is 0 Å². The molecule has 94 valence electrons. The highest BCUT2D eigenvalue weighted by atomic mass is 16.5. The van der Waals surface area contributed by atoms with Gasteiger partial charge in [-0.3, -0.25) is 4.79 Å². The molecule has 0 spiro atoms. The molecule has 1 amide bonds. The van der Waals surface area contributed by atoms with Crippen LogP contribution < -0.4 is 10.1 Å². The number of hydrogen-bond acceptors (Lipinski definition) is 3. The third kappa shape index (κ3) is 4.07. The molecule has 0 atom stereocenters. The van der Waals surface area contributed by atoms with Crippen LogP contribution in [0.5, 0.6) is 5.75 Å². The molecule has 0 saturated heterocycles. The molecule has 1 aromatic rings. The van der Waals surface area contributed by atoms with E-state index in [1.54, 1.807) is 7.05 Å². The van der Waals surface area contributed by atoms with Gasteiger partial charge in [-0.25, -0.2) is 0 Å². The van der Waals surface area contributed by atoms with Crippen molar-refractivity contribution in [3.05, 3.63) is 29.3 Å². The summed E-state index contributed by atoms with van der Waals surface area (Å²) in [5.41, 5.74) is 1.78. The molecule has 17 heavy (non-hydrogen) atoms. The van der Waals surface area contributed by atoms with Crippen LogP contribution >= 0.6 is 0 Å². The second-order valence-corrected chi connectivity index (χ2v) is 3.85. The molecule has 0 unspecified atom stereocenters. The highest BCUT2D eigenvalue weighted by Crippen LogP contribution is 2.23. The lowest BCUT2D eigenvalue weighted by Gasteiger charge is -2.12. The van der Waals surface area contributed by atoms with E-state index in [1.165, 1.54) is 0 Å². The number of benzene rings is 1. The Hall–Kier alpha value is -1.55. The molecule has 0 aliphatic heterocycles. The van der Waals surface area contributed by atoms with Crippen LogP contribution in [-0.4, -0.2) is 24.7 Å². The molecule has 0 saturated carbocycles. The number of para-hydroxylation sites is 1. The van der Waals surface area contributed by atoms with Crippen molar-refractivity contribution in [2.75, 3.05) is 13.7 Å². The molecule has 0 bridgehead atoms. The van der Waals surface area contributed by atoms with E-state index >= 15 is 0 Å². The number of aryl methyl sites for hydroxylation is 1. The second kappa shape index (κ2) is 6.91. The smallest absolute Gasteiger partial charge is 0.219 e. The average molecular weight is 237 g/mol. The van der Waals surface area contributed by atoms with Gasteiger partial charge in [0, 0.05) is 19.0 Å². The minimum Gasteiger partial charge on any atom is -0.493 e. The maximum Gasteiger partial charge on any atom is 0.219 e. The van der Waals surface area contributed by atoms with E-state index in [-0.39, 0.29) is 12.5 Å². The fourth-order valence-corrected chi connectivity index (χ4v) is 1.58. The number of nitrogens with one attached hydrogen (secondary N) is 1. The summed E-state index contributed by atoms with van der Waals surface area (Å²) < 4.78 is 5.61. The first-order valence-electron chi connectivity index (χ1n) is 5.71. The summed E-state index contributed by atoms with van der Waals surface area (Å²) in [4.78, 5) is 11.0. The van der Waals surface area contributed by atoms with Gasteiger partial charge in [0.1, 0.15) is 5.75 Å². The minimum atomic E-state index is -0.0353. The number of carbonyl (C=O) groups excluding carboxylic acids is 1. The van der Waals surface area contributed by atoms with Gasteiger partial charge in [-0.05, 0) is 18.9 Å². The lowest BCUT2D eigenvalue weighted by molar-refractivity contribution is -0.120. The van der Waals surface area contributed by atoms with Gasteiger partial charge in [-0.1, -0.05) is 18.2 Å². The number of aliphatic hydroxyl groups excluding tert-OH is 1. The van der Waals surface area contributed by atoms with Crippen molar-refractivity contribution < 1.29 is 14.6 Å². The van der Waals surface area contributed by atoms with E-state index in [0.717, 1.165) is 16.9 Å². The molecular formula is C13H19NO3. The molecule has 0 aliphatic carbocycles. The van der Waals surface area contributed by atoms with Crippen LogP contribution in [-0.2, 0) is 11.4 Å². The Morgan fingerprint density at radius 1 is 1.47 bits per heavy atom. The van der Waals surface area contributed by atoms with E-state index in [2.05, 4.69) is 5.32 Å². The first kappa shape index (κ1) is 13.5. The lowest BCUT2D eigenvalue weighted by Crippen LogP contribution is -2.18. The summed E-state index contributed by atoms with van der Waals surface area (Å²) in [6.07, 6.45) is 1.12. The summed E-state index contributed by atoms with van der Waals surface area (Å²) in [5.74, 6) is 0.743. The normalized spacial score (nSPS) is 10.1. The predicted molar refractivity (Wildman–Crippen MR) is 65.9 cm³/mol. The molecule has 2 N–H and O–H groups in total. The van der Waals surface area contributed by atoms with E-state index < -0.39 is 0 Å². The van der Waals surface area contributed by atoms with E-state index in [0.29, 0.717) is 19.4 Å². The van der Waals surface area contributed by atoms with Crippen LogP contribution in [0.4, 0.5) is 0 Å². The van der Waals surface area contributed by atoms with Crippen molar-refractivity contribution in [2.45, 2.75) is 26.4 Å². The number of aliphatic hydroxyl groups is 1. The number of amides is 1. The Morgan fingerprint density at radius 3 is 2.88 bits per heavy atom. The summed E-state index contributed by atoms with van der Waals surface area (Å²) in [7, 11) is 1.62. The van der Waals surface area contributed by atoms with E-state index in [1.807, 2.05) is 25.1 Å². The van der Waals surface area contributed by atoms with Gasteiger partial charge in [0.15, 0.2) is 0 Å². The molecule has 0 aliphatic rings.